The molecule has 0 saturated heterocycles. The summed E-state index contributed by atoms with van der Waals surface area (Å²) in [6.07, 6.45) is 4.94. The molecule has 19 heavy (non-hydrogen) atoms. The second kappa shape index (κ2) is 8.69. The molecule has 1 rings (SSSR count). The molecular formula is C14H26N4O. The topological polar surface area (TPSA) is 61.3 Å². The lowest BCUT2D eigenvalue weighted by molar-refractivity contribution is 0.283. The lowest BCUT2D eigenvalue weighted by Crippen LogP contribution is -2.21. The monoisotopic (exact) mass is 266 g/mol. The van der Waals surface area contributed by atoms with Crippen LogP contribution in [0.15, 0.2) is 6.07 Å². The first-order chi connectivity index (χ1) is 9.21. The van der Waals surface area contributed by atoms with Crippen LogP contribution in [0.3, 0.4) is 0 Å². The van der Waals surface area contributed by atoms with E-state index in [1.54, 1.807) is 0 Å². The highest BCUT2D eigenvalue weighted by Crippen LogP contribution is 2.16. The Labute approximate surface area is 116 Å². The summed E-state index contributed by atoms with van der Waals surface area (Å²) in [6, 6.07) is 1.98. The van der Waals surface area contributed by atoms with Crippen LogP contribution >= 0.6 is 0 Å². The van der Waals surface area contributed by atoms with Gasteiger partial charge in [-0.15, -0.1) is 0 Å². The molecule has 2 N–H and O–H groups in total. The number of aryl methyl sites for hydroxylation is 1. The van der Waals surface area contributed by atoms with E-state index < -0.39 is 0 Å². The van der Waals surface area contributed by atoms with Crippen molar-refractivity contribution in [1.29, 1.82) is 0 Å². The third kappa shape index (κ3) is 5.42. The summed E-state index contributed by atoms with van der Waals surface area (Å²) in [5.74, 6) is 2.73. The van der Waals surface area contributed by atoms with Gasteiger partial charge < -0.3 is 15.3 Å². The number of rotatable bonds is 9. The largest absolute Gasteiger partial charge is 0.396 e. The fourth-order valence-electron chi connectivity index (χ4n) is 1.89. The van der Waals surface area contributed by atoms with Crippen LogP contribution in [-0.4, -0.2) is 42.3 Å². The van der Waals surface area contributed by atoms with Crippen molar-refractivity contribution in [3.05, 3.63) is 11.9 Å². The highest BCUT2D eigenvalue weighted by atomic mass is 16.2. The van der Waals surface area contributed by atoms with E-state index in [2.05, 4.69) is 34.2 Å². The van der Waals surface area contributed by atoms with Gasteiger partial charge in [-0.1, -0.05) is 6.92 Å². The summed E-state index contributed by atoms with van der Waals surface area (Å²) < 4.78 is 0. The Bertz CT molecular complexity index is 370. The number of anilines is 2. The highest BCUT2D eigenvalue weighted by molar-refractivity contribution is 5.48. The first kappa shape index (κ1) is 15.7. The number of unbranched alkanes of at least 4 members (excludes halogenated alkanes) is 2. The molecule has 0 amide bonds. The molecule has 1 aromatic heterocycles. The van der Waals surface area contributed by atoms with E-state index in [0.29, 0.717) is 0 Å². The van der Waals surface area contributed by atoms with Crippen molar-refractivity contribution in [2.75, 3.05) is 37.5 Å². The summed E-state index contributed by atoms with van der Waals surface area (Å²) in [5.41, 5.74) is 0. The summed E-state index contributed by atoms with van der Waals surface area (Å²) in [6.45, 7) is 3.36. The van der Waals surface area contributed by atoms with Crippen LogP contribution in [0.4, 0.5) is 11.6 Å². The van der Waals surface area contributed by atoms with Crippen molar-refractivity contribution in [3.8, 4) is 0 Å². The fraction of sp³-hybridized carbons (Fsp3) is 0.714. The quantitative estimate of drug-likeness (QED) is 0.670. The van der Waals surface area contributed by atoms with Gasteiger partial charge in [-0.25, -0.2) is 9.97 Å². The number of nitrogens with one attached hydrogen (secondary N) is 1. The number of aromatic nitrogens is 2. The minimum Gasteiger partial charge on any atom is -0.396 e. The summed E-state index contributed by atoms with van der Waals surface area (Å²) in [4.78, 5) is 11.2. The third-order valence-electron chi connectivity index (χ3n) is 3.03. The second-order valence-corrected chi connectivity index (χ2v) is 4.73. The Morgan fingerprint density at radius 1 is 1.26 bits per heavy atom. The maximum Gasteiger partial charge on any atom is 0.134 e. The maximum atomic E-state index is 8.77. The molecule has 0 atom stereocenters. The minimum atomic E-state index is 0.280. The van der Waals surface area contributed by atoms with E-state index in [0.717, 1.165) is 56.1 Å². The van der Waals surface area contributed by atoms with E-state index in [1.807, 2.05) is 13.1 Å². The molecular weight excluding hydrogens is 240 g/mol. The molecule has 5 nitrogen and oxygen atoms in total. The van der Waals surface area contributed by atoms with Crippen LogP contribution in [0.5, 0.6) is 0 Å². The van der Waals surface area contributed by atoms with Gasteiger partial charge in [0.15, 0.2) is 0 Å². The molecule has 0 radical (unpaired) electrons. The molecule has 0 fully saturated rings. The molecule has 0 aliphatic carbocycles. The molecule has 0 bridgehead atoms. The number of hydrogen-bond donors (Lipinski definition) is 2. The van der Waals surface area contributed by atoms with Crippen LogP contribution in [0.25, 0.3) is 0 Å². The fourth-order valence-corrected chi connectivity index (χ4v) is 1.89. The first-order valence-electron chi connectivity index (χ1n) is 7.09. The summed E-state index contributed by atoms with van der Waals surface area (Å²) in [7, 11) is 3.93. The zero-order valence-corrected chi connectivity index (χ0v) is 12.3. The van der Waals surface area contributed by atoms with Crippen molar-refractivity contribution in [2.24, 2.45) is 0 Å². The van der Waals surface area contributed by atoms with Crippen LogP contribution in [0.2, 0.25) is 0 Å². The molecule has 1 aromatic rings. The molecule has 108 valence electrons. The Balaban J connectivity index is 2.66. The zero-order chi connectivity index (χ0) is 14.1. The summed E-state index contributed by atoms with van der Waals surface area (Å²) >= 11 is 0. The van der Waals surface area contributed by atoms with E-state index in [1.165, 1.54) is 0 Å². The average Bonchev–Trinajstić information content (AvgIpc) is 2.43. The summed E-state index contributed by atoms with van der Waals surface area (Å²) in [5, 5.41) is 11.9. The molecule has 1 heterocycles. The van der Waals surface area contributed by atoms with Gasteiger partial charge in [0.1, 0.15) is 17.5 Å². The SMILES string of the molecule is CCCc1nc(NC)cc(N(C)CCCCCO)n1. The van der Waals surface area contributed by atoms with Gasteiger partial charge in [0, 0.05) is 39.7 Å². The lowest BCUT2D eigenvalue weighted by Gasteiger charge is -2.19. The Morgan fingerprint density at radius 2 is 2.05 bits per heavy atom. The van der Waals surface area contributed by atoms with Crippen LogP contribution < -0.4 is 10.2 Å². The molecule has 0 saturated carbocycles. The maximum absolute atomic E-state index is 8.77. The van der Waals surface area contributed by atoms with Gasteiger partial charge in [0.05, 0.1) is 0 Å². The normalized spacial score (nSPS) is 10.5. The van der Waals surface area contributed by atoms with Gasteiger partial charge in [0.25, 0.3) is 0 Å². The van der Waals surface area contributed by atoms with Crippen LogP contribution in [0, 0.1) is 0 Å². The predicted octanol–water partition coefficient (Wildman–Crippen LogP) is 2.07. The molecule has 0 aliphatic heterocycles. The van der Waals surface area contributed by atoms with E-state index >= 15 is 0 Å². The Kier molecular flexibility index (Phi) is 7.18. The van der Waals surface area contributed by atoms with Crippen molar-refractivity contribution >= 4 is 11.6 Å². The van der Waals surface area contributed by atoms with E-state index in [9.17, 15) is 0 Å². The Hall–Kier alpha value is -1.36. The Morgan fingerprint density at radius 3 is 2.68 bits per heavy atom. The zero-order valence-electron chi connectivity index (χ0n) is 12.3. The highest BCUT2D eigenvalue weighted by Gasteiger charge is 2.07. The van der Waals surface area contributed by atoms with Gasteiger partial charge in [-0.05, 0) is 25.7 Å². The number of aliphatic hydroxyl groups is 1. The average molecular weight is 266 g/mol. The predicted molar refractivity (Wildman–Crippen MR) is 79.8 cm³/mol. The van der Waals surface area contributed by atoms with Crippen molar-refractivity contribution < 1.29 is 5.11 Å². The molecule has 0 spiro atoms. The number of aliphatic hydroxyl groups excluding tert-OH is 1. The van der Waals surface area contributed by atoms with Gasteiger partial charge in [-0.2, -0.15) is 0 Å². The van der Waals surface area contributed by atoms with Crippen molar-refractivity contribution in [2.45, 2.75) is 39.0 Å². The van der Waals surface area contributed by atoms with E-state index in [4.69, 9.17) is 5.11 Å². The van der Waals surface area contributed by atoms with Gasteiger partial charge in [-0.3, -0.25) is 0 Å². The molecule has 0 aliphatic rings. The third-order valence-corrected chi connectivity index (χ3v) is 3.03. The molecule has 0 aromatic carbocycles. The van der Waals surface area contributed by atoms with Gasteiger partial charge >= 0.3 is 0 Å². The van der Waals surface area contributed by atoms with Crippen LogP contribution in [-0.2, 0) is 6.42 Å². The lowest BCUT2D eigenvalue weighted by atomic mass is 10.2. The number of nitrogens with zero attached hydrogens (tertiary/aromatic N) is 3. The minimum absolute atomic E-state index is 0.280. The standard InChI is InChI=1S/C14H26N4O/c1-4-8-12-16-13(15-2)11-14(17-12)18(3)9-6-5-7-10-19/h11,19H,4-10H2,1-3H3,(H,15,16,17). The molecule has 0 unspecified atom stereocenters. The van der Waals surface area contributed by atoms with Crippen molar-refractivity contribution in [1.82, 2.24) is 9.97 Å². The smallest absolute Gasteiger partial charge is 0.134 e. The van der Waals surface area contributed by atoms with Crippen LogP contribution in [0.1, 0.15) is 38.4 Å². The van der Waals surface area contributed by atoms with E-state index in [-0.39, 0.29) is 6.61 Å². The first-order valence-corrected chi connectivity index (χ1v) is 7.09. The second-order valence-electron chi connectivity index (χ2n) is 4.73. The number of hydrogen-bond acceptors (Lipinski definition) is 5. The van der Waals surface area contributed by atoms with Gasteiger partial charge in [0.2, 0.25) is 0 Å². The van der Waals surface area contributed by atoms with Crippen molar-refractivity contribution in [3.63, 3.8) is 0 Å². The molecule has 5 heteroatoms.